The van der Waals surface area contributed by atoms with Crippen molar-refractivity contribution < 1.29 is 9.47 Å². The van der Waals surface area contributed by atoms with Crippen molar-refractivity contribution in [2.75, 3.05) is 14.2 Å². The second-order valence-electron chi connectivity index (χ2n) is 5.38. The van der Waals surface area contributed by atoms with Gasteiger partial charge in [0.2, 0.25) is 0 Å². The maximum absolute atomic E-state index is 9.54. The zero-order valence-corrected chi connectivity index (χ0v) is 15.4. The molecule has 0 spiro atoms. The van der Waals surface area contributed by atoms with Gasteiger partial charge in [0.05, 0.1) is 48.7 Å². The fourth-order valence-electron chi connectivity index (χ4n) is 2.66. The zero-order valence-electron chi connectivity index (χ0n) is 13.9. The van der Waals surface area contributed by atoms with Crippen molar-refractivity contribution in [1.82, 2.24) is 9.55 Å². The van der Waals surface area contributed by atoms with Crippen LogP contribution in [0, 0.1) is 11.3 Å². The summed E-state index contributed by atoms with van der Waals surface area (Å²) < 4.78 is 13.4. The summed E-state index contributed by atoms with van der Waals surface area (Å²) in [5.74, 6) is 1.23. The van der Waals surface area contributed by atoms with E-state index in [1.165, 1.54) is 0 Å². The van der Waals surface area contributed by atoms with Crippen molar-refractivity contribution in [3.05, 3.63) is 58.3 Å². The molecule has 0 aliphatic heterocycles. The maximum Gasteiger partial charge on any atom is 0.174 e. The summed E-state index contributed by atoms with van der Waals surface area (Å²) in [5, 5.41) is 9.54. The average Bonchev–Trinajstić information content (AvgIpc) is 3.03. The normalized spacial score (nSPS) is 11.4. The number of imidazole rings is 1. The van der Waals surface area contributed by atoms with Gasteiger partial charge in [-0.25, -0.2) is 4.98 Å². The predicted octanol–water partition coefficient (Wildman–Crippen LogP) is 4.42. The summed E-state index contributed by atoms with van der Waals surface area (Å²) in [4.78, 5) is 4.36. The van der Waals surface area contributed by atoms with E-state index in [9.17, 15) is 5.26 Å². The molecule has 1 heterocycles. The number of methoxy groups -OCH3 is 2. The van der Waals surface area contributed by atoms with Crippen molar-refractivity contribution in [2.24, 2.45) is 0 Å². The smallest absolute Gasteiger partial charge is 0.174 e. The second kappa shape index (κ2) is 7.41. The van der Waals surface area contributed by atoms with Crippen molar-refractivity contribution in [3.8, 4) is 17.6 Å². The molecular weight excluding hydrogens is 382 g/mol. The Bertz CT molecular complexity index is 986. The molecule has 0 aliphatic carbocycles. The minimum Gasteiger partial charge on any atom is -0.493 e. The molecule has 25 heavy (non-hydrogen) atoms. The van der Waals surface area contributed by atoms with Crippen LogP contribution in [-0.2, 0) is 6.54 Å². The van der Waals surface area contributed by atoms with Crippen molar-refractivity contribution >= 4 is 33.0 Å². The van der Waals surface area contributed by atoms with E-state index in [0.717, 1.165) is 21.1 Å². The number of ether oxygens (including phenoxy) is 2. The monoisotopic (exact) mass is 397 g/mol. The van der Waals surface area contributed by atoms with E-state index in [1.807, 2.05) is 47.0 Å². The van der Waals surface area contributed by atoms with E-state index in [4.69, 9.17) is 9.47 Å². The van der Waals surface area contributed by atoms with Gasteiger partial charge in [-0.15, -0.1) is 0 Å². The Morgan fingerprint density at radius 3 is 2.80 bits per heavy atom. The molecule has 126 valence electrons. The van der Waals surface area contributed by atoms with Crippen molar-refractivity contribution in [2.45, 2.75) is 6.54 Å². The number of fused-ring (bicyclic) bond motifs is 1. The SMILES string of the molecule is COc1cc(/C=C(/C#N)Cn2cnc3ccccc32)cc(Br)c1OC. The number of rotatable bonds is 5. The maximum atomic E-state index is 9.54. The number of para-hydroxylation sites is 2. The Kier molecular flexibility index (Phi) is 5.05. The van der Waals surface area contributed by atoms with Gasteiger partial charge in [0.1, 0.15) is 0 Å². The first-order valence-corrected chi connectivity index (χ1v) is 8.37. The highest BCUT2D eigenvalue weighted by atomic mass is 79.9. The van der Waals surface area contributed by atoms with E-state index < -0.39 is 0 Å². The van der Waals surface area contributed by atoms with Crippen molar-refractivity contribution in [3.63, 3.8) is 0 Å². The Morgan fingerprint density at radius 2 is 2.08 bits per heavy atom. The molecule has 0 radical (unpaired) electrons. The fraction of sp³-hybridized carbons (Fsp3) is 0.158. The summed E-state index contributed by atoms with van der Waals surface area (Å²) in [6, 6.07) is 13.8. The molecule has 0 saturated heterocycles. The van der Waals surface area contributed by atoms with Gasteiger partial charge < -0.3 is 14.0 Å². The lowest BCUT2D eigenvalue weighted by molar-refractivity contribution is 0.353. The average molecular weight is 398 g/mol. The molecule has 0 bridgehead atoms. The lowest BCUT2D eigenvalue weighted by Gasteiger charge is -2.11. The lowest BCUT2D eigenvalue weighted by atomic mass is 10.1. The Morgan fingerprint density at radius 1 is 1.28 bits per heavy atom. The van der Waals surface area contributed by atoms with Crippen LogP contribution in [0.5, 0.6) is 11.5 Å². The molecule has 6 heteroatoms. The van der Waals surface area contributed by atoms with Crippen LogP contribution in [0.2, 0.25) is 0 Å². The molecule has 0 amide bonds. The molecule has 0 aliphatic rings. The fourth-order valence-corrected chi connectivity index (χ4v) is 3.28. The van der Waals surface area contributed by atoms with Crippen LogP contribution in [0.4, 0.5) is 0 Å². The lowest BCUT2D eigenvalue weighted by Crippen LogP contribution is -1.98. The van der Waals surface area contributed by atoms with E-state index in [0.29, 0.717) is 23.6 Å². The topological polar surface area (TPSA) is 60.1 Å². The summed E-state index contributed by atoms with van der Waals surface area (Å²) >= 11 is 3.47. The molecule has 3 rings (SSSR count). The van der Waals surface area contributed by atoms with Gasteiger partial charge in [0, 0.05) is 5.57 Å². The minimum absolute atomic E-state index is 0.447. The van der Waals surface area contributed by atoms with Gasteiger partial charge in [0.15, 0.2) is 11.5 Å². The standard InChI is InChI=1S/C19H16BrN3O2/c1-24-18-9-13(8-15(20)19(18)25-2)7-14(10-21)11-23-12-22-16-5-3-4-6-17(16)23/h3-9,12H,11H2,1-2H3/b14-7-. The van der Waals surface area contributed by atoms with Crippen LogP contribution in [0.1, 0.15) is 5.56 Å². The predicted molar refractivity (Wildman–Crippen MR) is 101 cm³/mol. The molecule has 0 N–H and O–H groups in total. The molecule has 1 aromatic heterocycles. The molecule has 0 atom stereocenters. The van der Waals surface area contributed by atoms with Gasteiger partial charge in [-0.05, 0) is 51.8 Å². The van der Waals surface area contributed by atoms with Gasteiger partial charge in [-0.3, -0.25) is 0 Å². The zero-order chi connectivity index (χ0) is 17.8. The summed E-state index contributed by atoms with van der Waals surface area (Å²) in [6.07, 6.45) is 3.59. The highest BCUT2D eigenvalue weighted by Crippen LogP contribution is 2.36. The van der Waals surface area contributed by atoms with Gasteiger partial charge in [-0.2, -0.15) is 5.26 Å². The third-order valence-corrected chi connectivity index (χ3v) is 4.40. The largest absolute Gasteiger partial charge is 0.493 e. The molecule has 3 aromatic rings. The van der Waals surface area contributed by atoms with E-state index in [2.05, 4.69) is 27.0 Å². The Labute approximate surface area is 154 Å². The second-order valence-corrected chi connectivity index (χ2v) is 6.24. The number of aromatic nitrogens is 2. The third-order valence-electron chi connectivity index (χ3n) is 3.81. The van der Waals surface area contributed by atoms with Gasteiger partial charge >= 0.3 is 0 Å². The number of allylic oxidation sites excluding steroid dienone is 1. The molecule has 0 unspecified atom stereocenters. The summed E-state index contributed by atoms with van der Waals surface area (Å²) in [7, 11) is 3.17. The Balaban J connectivity index is 1.96. The number of hydrogen-bond acceptors (Lipinski definition) is 4. The van der Waals surface area contributed by atoms with Crippen LogP contribution in [0.3, 0.4) is 0 Å². The third kappa shape index (κ3) is 3.52. The quantitative estimate of drug-likeness (QED) is 0.597. The minimum atomic E-state index is 0.447. The van der Waals surface area contributed by atoms with Crippen LogP contribution >= 0.6 is 15.9 Å². The first-order valence-electron chi connectivity index (χ1n) is 7.58. The first kappa shape index (κ1) is 17.1. The molecule has 0 fully saturated rings. The van der Waals surface area contributed by atoms with E-state index >= 15 is 0 Å². The molecule has 2 aromatic carbocycles. The Hall–Kier alpha value is -2.78. The number of benzene rings is 2. The summed E-state index contributed by atoms with van der Waals surface area (Å²) in [6.45, 7) is 0.447. The van der Waals surface area contributed by atoms with Gasteiger partial charge in [0.25, 0.3) is 0 Å². The molecule has 5 nitrogen and oxygen atoms in total. The number of hydrogen-bond donors (Lipinski definition) is 0. The van der Waals surface area contributed by atoms with Crippen LogP contribution < -0.4 is 9.47 Å². The molecule has 0 saturated carbocycles. The van der Waals surface area contributed by atoms with E-state index in [1.54, 1.807) is 20.5 Å². The van der Waals surface area contributed by atoms with Gasteiger partial charge in [-0.1, -0.05) is 12.1 Å². The first-order chi connectivity index (χ1) is 12.2. The molecular formula is C19H16BrN3O2. The highest BCUT2D eigenvalue weighted by Gasteiger charge is 2.11. The summed E-state index contributed by atoms with van der Waals surface area (Å²) in [5.41, 5.74) is 3.37. The van der Waals surface area contributed by atoms with Crippen LogP contribution in [0.25, 0.3) is 17.1 Å². The number of nitriles is 1. The highest BCUT2D eigenvalue weighted by molar-refractivity contribution is 9.10. The van der Waals surface area contributed by atoms with Crippen LogP contribution in [0.15, 0.2) is 52.8 Å². The number of halogens is 1. The van der Waals surface area contributed by atoms with E-state index in [-0.39, 0.29) is 0 Å². The van der Waals surface area contributed by atoms with Crippen molar-refractivity contribution in [1.29, 1.82) is 5.26 Å². The van der Waals surface area contributed by atoms with Crippen LogP contribution in [-0.4, -0.2) is 23.8 Å². The number of nitrogens with zero attached hydrogens (tertiary/aromatic N) is 3.